The number of pyridine rings is 1. The van der Waals surface area contributed by atoms with Crippen molar-refractivity contribution in [2.24, 2.45) is 0 Å². The van der Waals surface area contributed by atoms with Crippen LogP contribution >= 0.6 is 0 Å². The number of nitrogens with one attached hydrogen (secondary N) is 1. The van der Waals surface area contributed by atoms with Gasteiger partial charge in [0.1, 0.15) is 0 Å². The van der Waals surface area contributed by atoms with E-state index in [0.29, 0.717) is 25.3 Å². The normalized spacial score (nSPS) is 14.0. The van der Waals surface area contributed by atoms with E-state index in [-0.39, 0.29) is 12.0 Å². The topological polar surface area (TPSA) is 74.8 Å². The Bertz CT molecular complexity index is 741. The summed E-state index contributed by atoms with van der Waals surface area (Å²) in [5.74, 6) is -0.186. The molecular formula is C19H22N4O3. The fraction of sp³-hybridized carbons (Fsp3) is 0.316. The molecule has 7 heteroatoms. The molecule has 0 unspecified atom stereocenters. The minimum Gasteiger partial charge on any atom is -0.450 e. The third-order valence-corrected chi connectivity index (χ3v) is 4.22. The summed E-state index contributed by atoms with van der Waals surface area (Å²) < 4.78 is 5.04. The Morgan fingerprint density at radius 2 is 1.85 bits per heavy atom. The molecule has 2 heterocycles. The molecule has 2 aromatic rings. The molecule has 2 amide bonds. The highest BCUT2D eigenvalue weighted by Gasteiger charge is 2.22. The zero-order valence-corrected chi connectivity index (χ0v) is 14.7. The molecule has 0 radical (unpaired) electrons. The largest absolute Gasteiger partial charge is 0.450 e. The summed E-state index contributed by atoms with van der Waals surface area (Å²) in [4.78, 5) is 31.8. The van der Waals surface area contributed by atoms with Crippen LogP contribution in [0.2, 0.25) is 0 Å². The molecule has 1 aliphatic rings. The Morgan fingerprint density at radius 1 is 1.12 bits per heavy atom. The Hall–Kier alpha value is -3.09. The van der Waals surface area contributed by atoms with Crippen molar-refractivity contribution in [2.45, 2.75) is 6.92 Å². The smallest absolute Gasteiger partial charge is 0.409 e. The van der Waals surface area contributed by atoms with Crippen LogP contribution in [0.3, 0.4) is 0 Å². The van der Waals surface area contributed by atoms with Crippen LogP contribution in [-0.2, 0) is 4.74 Å². The molecule has 7 nitrogen and oxygen atoms in total. The first-order valence-corrected chi connectivity index (χ1v) is 8.65. The lowest BCUT2D eigenvalue weighted by molar-refractivity contribution is 0.102. The molecule has 1 aliphatic heterocycles. The molecule has 0 bridgehead atoms. The second-order valence-electron chi connectivity index (χ2n) is 5.92. The van der Waals surface area contributed by atoms with Crippen LogP contribution in [0.4, 0.5) is 16.2 Å². The van der Waals surface area contributed by atoms with Crippen LogP contribution in [0, 0.1) is 0 Å². The zero-order chi connectivity index (χ0) is 18.4. The predicted molar refractivity (Wildman–Crippen MR) is 99.4 cm³/mol. The second kappa shape index (κ2) is 8.33. The quantitative estimate of drug-likeness (QED) is 0.913. The van der Waals surface area contributed by atoms with Gasteiger partial charge in [-0.15, -0.1) is 0 Å². The van der Waals surface area contributed by atoms with Crippen LogP contribution in [0.5, 0.6) is 0 Å². The van der Waals surface area contributed by atoms with Crippen molar-refractivity contribution in [2.75, 3.05) is 43.0 Å². The molecule has 0 aliphatic carbocycles. The molecule has 136 valence electrons. The van der Waals surface area contributed by atoms with Gasteiger partial charge in [0.15, 0.2) is 0 Å². The van der Waals surface area contributed by atoms with Crippen LogP contribution in [-0.4, -0.2) is 54.7 Å². The first-order chi connectivity index (χ1) is 12.7. The monoisotopic (exact) mass is 354 g/mol. The maximum Gasteiger partial charge on any atom is 0.409 e. The van der Waals surface area contributed by atoms with E-state index in [1.165, 1.54) is 6.20 Å². The number of rotatable bonds is 4. The minimum absolute atomic E-state index is 0.186. The second-order valence-corrected chi connectivity index (χ2v) is 5.92. The van der Waals surface area contributed by atoms with Crippen molar-refractivity contribution in [3.8, 4) is 0 Å². The number of aromatic nitrogens is 1. The van der Waals surface area contributed by atoms with E-state index in [4.69, 9.17) is 4.74 Å². The maximum atomic E-state index is 12.1. The van der Waals surface area contributed by atoms with E-state index in [9.17, 15) is 9.59 Å². The maximum absolute atomic E-state index is 12.1. The number of amides is 2. The number of hydrogen-bond acceptors (Lipinski definition) is 5. The molecule has 1 saturated heterocycles. The van der Waals surface area contributed by atoms with E-state index >= 15 is 0 Å². The number of hydrogen-bond donors (Lipinski definition) is 1. The number of ether oxygens (including phenoxy) is 1. The third-order valence-electron chi connectivity index (χ3n) is 4.22. The lowest BCUT2D eigenvalue weighted by Crippen LogP contribution is -2.49. The number of carbonyl (C=O) groups is 2. The lowest BCUT2D eigenvalue weighted by atomic mass is 10.2. The van der Waals surface area contributed by atoms with Gasteiger partial charge < -0.3 is 19.9 Å². The Balaban J connectivity index is 1.55. The van der Waals surface area contributed by atoms with Gasteiger partial charge in [0.2, 0.25) is 0 Å². The van der Waals surface area contributed by atoms with Gasteiger partial charge in [-0.1, -0.05) is 0 Å². The van der Waals surface area contributed by atoms with Crippen molar-refractivity contribution < 1.29 is 14.3 Å². The summed E-state index contributed by atoms with van der Waals surface area (Å²) in [5.41, 5.74) is 2.31. The average Bonchev–Trinajstić information content (AvgIpc) is 2.69. The Morgan fingerprint density at radius 3 is 2.46 bits per heavy atom. The Labute approximate surface area is 152 Å². The molecule has 26 heavy (non-hydrogen) atoms. The van der Waals surface area contributed by atoms with Crippen LogP contribution in [0.1, 0.15) is 17.3 Å². The molecule has 0 atom stereocenters. The average molecular weight is 354 g/mol. The van der Waals surface area contributed by atoms with E-state index in [0.717, 1.165) is 24.5 Å². The van der Waals surface area contributed by atoms with E-state index in [1.54, 1.807) is 23.2 Å². The summed E-state index contributed by atoms with van der Waals surface area (Å²) in [6.45, 7) is 4.98. The SMILES string of the molecule is CCOC(=O)N1CCN(c2ccc(NC(=O)c3cccnc3)cc2)CC1. The van der Waals surface area contributed by atoms with Crippen molar-refractivity contribution in [1.82, 2.24) is 9.88 Å². The van der Waals surface area contributed by atoms with Gasteiger partial charge in [-0.3, -0.25) is 9.78 Å². The standard InChI is InChI=1S/C19H22N4O3/c1-2-26-19(25)23-12-10-22(11-13-23)17-7-5-16(6-8-17)21-18(24)15-4-3-9-20-14-15/h3-9,14H,2,10-13H2,1H3,(H,21,24). The molecule has 1 aromatic carbocycles. The number of benzene rings is 1. The molecule has 1 fully saturated rings. The molecule has 0 saturated carbocycles. The van der Waals surface area contributed by atoms with Gasteiger partial charge in [-0.2, -0.15) is 0 Å². The van der Waals surface area contributed by atoms with Gasteiger partial charge in [0.25, 0.3) is 5.91 Å². The number of nitrogens with zero attached hydrogens (tertiary/aromatic N) is 3. The van der Waals surface area contributed by atoms with Crippen molar-refractivity contribution in [1.29, 1.82) is 0 Å². The summed E-state index contributed by atoms with van der Waals surface area (Å²) >= 11 is 0. The van der Waals surface area contributed by atoms with Crippen LogP contribution in [0.15, 0.2) is 48.8 Å². The fourth-order valence-corrected chi connectivity index (χ4v) is 2.82. The van der Waals surface area contributed by atoms with Crippen LogP contribution in [0.25, 0.3) is 0 Å². The van der Waals surface area contributed by atoms with Crippen molar-refractivity contribution in [3.05, 3.63) is 54.4 Å². The number of carbonyl (C=O) groups excluding carboxylic acids is 2. The third kappa shape index (κ3) is 4.30. The zero-order valence-electron chi connectivity index (χ0n) is 14.7. The summed E-state index contributed by atoms with van der Waals surface area (Å²) in [6.07, 6.45) is 2.92. The van der Waals surface area contributed by atoms with E-state index in [2.05, 4.69) is 15.2 Å². The predicted octanol–water partition coefficient (Wildman–Crippen LogP) is 2.61. The molecule has 0 spiro atoms. The first-order valence-electron chi connectivity index (χ1n) is 8.65. The van der Waals surface area contributed by atoms with Crippen molar-refractivity contribution in [3.63, 3.8) is 0 Å². The summed E-state index contributed by atoms with van der Waals surface area (Å²) in [7, 11) is 0. The van der Waals surface area contributed by atoms with Crippen LogP contribution < -0.4 is 10.2 Å². The summed E-state index contributed by atoms with van der Waals surface area (Å²) in [5, 5.41) is 2.86. The lowest BCUT2D eigenvalue weighted by Gasteiger charge is -2.35. The highest BCUT2D eigenvalue weighted by Crippen LogP contribution is 2.20. The van der Waals surface area contributed by atoms with Gasteiger partial charge >= 0.3 is 6.09 Å². The first kappa shape index (κ1) is 17.7. The molecular weight excluding hydrogens is 332 g/mol. The number of anilines is 2. The van der Waals surface area contributed by atoms with Crippen molar-refractivity contribution >= 4 is 23.4 Å². The highest BCUT2D eigenvalue weighted by molar-refractivity contribution is 6.04. The molecule has 1 N–H and O–H groups in total. The fourth-order valence-electron chi connectivity index (χ4n) is 2.82. The minimum atomic E-state index is -0.249. The van der Waals surface area contributed by atoms with E-state index < -0.39 is 0 Å². The molecule has 1 aromatic heterocycles. The number of piperazine rings is 1. The van der Waals surface area contributed by atoms with Gasteiger partial charge in [0, 0.05) is 49.9 Å². The van der Waals surface area contributed by atoms with E-state index in [1.807, 2.05) is 31.2 Å². The highest BCUT2D eigenvalue weighted by atomic mass is 16.6. The summed E-state index contributed by atoms with van der Waals surface area (Å²) in [6, 6.07) is 11.1. The van der Waals surface area contributed by atoms with Gasteiger partial charge in [-0.05, 0) is 43.3 Å². The molecule has 3 rings (SSSR count). The van der Waals surface area contributed by atoms with Gasteiger partial charge in [-0.25, -0.2) is 4.79 Å². The Kier molecular flexibility index (Phi) is 5.68. The van der Waals surface area contributed by atoms with Gasteiger partial charge in [0.05, 0.1) is 12.2 Å².